The van der Waals surface area contributed by atoms with Gasteiger partial charge in [-0.1, -0.05) is 32.9 Å². The molecular formula is C18H28N2O2. The number of carbonyl (C=O) groups excluding carboxylic acids is 2. The Hall–Kier alpha value is -1.58. The quantitative estimate of drug-likeness (QED) is 0.592. The summed E-state index contributed by atoms with van der Waals surface area (Å²) in [4.78, 5) is 28.5. The first-order valence-corrected chi connectivity index (χ1v) is 8.03. The zero-order chi connectivity index (χ0) is 16.5. The van der Waals surface area contributed by atoms with Crippen molar-refractivity contribution in [2.45, 2.75) is 46.1 Å². The van der Waals surface area contributed by atoms with E-state index in [4.69, 9.17) is 0 Å². The summed E-state index contributed by atoms with van der Waals surface area (Å²) in [6, 6.07) is 0.194. The lowest BCUT2D eigenvalue weighted by Crippen LogP contribution is -2.47. The Bertz CT molecular complexity index is 487. The third-order valence-corrected chi connectivity index (χ3v) is 4.84. The average molecular weight is 304 g/mol. The van der Waals surface area contributed by atoms with Gasteiger partial charge in [0.2, 0.25) is 0 Å². The van der Waals surface area contributed by atoms with Crippen molar-refractivity contribution >= 4 is 11.8 Å². The van der Waals surface area contributed by atoms with Crippen LogP contribution in [0.3, 0.4) is 0 Å². The highest BCUT2D eigenvalue weighted by Crippen LogP contribution is 2.52. The van der Waals surface area contributed by atoms with Crippen molar-refractivity contribution in [3.05, 3.63) is 25.3 Å². The zero-order valence-electron chi connectivity index (χ0n) is 14.1. The largest absolute Gasteiger partial charge is 0.331 e. The molecule has 0 N–H and O–H groups in total. The molecule has 2 aliphatic rings. The third kappa shape index (κ3) is 3.26. The van der Waals surface area contributed by atoms with Gasteiger partial charge in [0.1, 0.15) is 0 Å². The summed E-state index contributed by atoms with van der Waals surface area (Å²) in [5.41, 5.74) is 0.377. The molecule has 1 saturated carbocycles. The van der Waals surface area contributed by atoms with Gasteiger partial charge in [0.15, 0.2) is 0 Å². The van der Waals surface area contributed by atoms with Crippen molar-refractivity contribution in [2.75, 3.05) is 19.6 Å². The summed E-state index contributed by atoms with van der Waals surface area (Å²) < 4.78 is 0. The summed E-state index contributed by atoms with van der Waals surface area (Å²) in [6.45, 7) is 15.5. The van der Waals surface area contributed by atoms with Crippen molar-refractivity contribution in [1.82, 2.24) is 9.80 Å². The molecule has 2 rings (SSSR count). The molecule has 2 atom stereocenters. The Morgan fingerprint density at radius 2 is 1.77 bits per heavy atom. The second kappa shape index (κ2) is 5.90. The van der Waals surface area contributed by atoms with Crippen LogP contribution in [0.1, 0.15) is 40.0 Å². The second-order valence-corrected chi connectivity index (χ2v) is 7.93. The maximum atomic E-state index is 12.7. The topological polar surface area (TPSA) is 40.6 Å². The molecule has 0 aromatic rings. The zero-order valence-corrected chi connectivity index (χ0v) is 14.1. The van der Waals surface area contributed by atoms with Gasteiger partial charge in [-0.15, -0.1) is 13.2 Å². The predicted octanol–water partition coefficient (Wildman–Crippen LogP) is 2.61. The number of likely N-dealkylation sites (tertiary alicyclic amines) is 1. The van der Waals surface area contributed by atoms with Crippen LogP contribution in [0.4, 0.5) is 0 Å². The Morgan fingerprint density at radius 1 is 1.18 bits per heavy atom. The molecule has 0 spiro atoms. The molecule has 4 heteroatoms. The van der Waals surface area contributed by atoms with E-state index in [0.29, 0.717) is 19.6 Å². The summed E-state index contributed by atoms with van der Waals surface area (Å²) in [6.07, 6.45) is 6.38. The molecule has 1 aliphatic carbocycles. The number of fused-ring (bicyclic) bond motifs is 2. The van der Waals surface area contributed by atoms with E-state index in [1.165, 1.54) is 4.90 Å². The molecular weight excluding hydrogens is 276 g/mol. The molecule has 0 aromatic carbocycles. The fourth-order valence-electron chi connectivity index (χ4n) is 4.51. The van der Waals surface area contributed by atoms with Crippen molar-refractivity contribution in [3.63, 3.8) is 0 Å². The van der Waals surface area contributed by atoms with E-state index in [0.717, 1.165) is 19.3 Å². The molecule has 1 aliphatic heterocycles. The number of nitrogens with zero attached hydrogens (tertiary/aromatic N) is 2. The maximum Gasteiger partial charge on any atom is 0.312 e. The molecule has 22 heavy (non-hydrogen) atoms. The standard InChI is InChI=1S/C18H28N2O2/c1-6-8-19(9-7-2)15(21)16(22)20-13-18(5)11-14(20)10-17(3,4)12-18/h6-7,14H,1-2,8-13H2,3-5H3. The highest BCUT2D eigenvalue weighted by atomic mass is 16.2. The first-order valence-electron chi connectivity index (χ1n) is 8.03. The molecule has 2 unspecified atom stereocenters. The van der Waals surface area contributed by atoms with E-state index in [1.807, 2.05) is 4.90 Å². The van der Waals surface area contributed by atoms with Crippen LogP contribution in [0.25, 0.3) is 0 Å². The monoisotopic (exact) mass is 304 g/mol. The fourth-order valence-corrected chi connectivity index (χ4v) is 4.51. The molecule has 2 bridgehead atoms. The predicted molar refractivity (Wildman–Crippen MR) is 88.2 cm³/mol. The Morgan fingerprint density at radius 3 is 2.32 bits per heavy atom. The van der Waals surface area contributed by atoms with Gasteiger partial charge in [0, 0.05) is 25.7 Å². The molecule has 2 amide bonds. The minimum atomic E-state index is -0.436. The van der Waals surface area contributed by atoms with Crippen molar-refractivity contribution < 1.29 is 9.59 Å². The van der Waals surface area contributed by atoms with Crippen LogP contribution in [-0.4, -0.2) is 47.3 Å². The fraction of sp³-hybridized carbons (Fsp3) is 0.667. The Balaban J connectivity index is 2.14. The average Bonchev–Trinajstić information content (AvgIpc) is 2.66. The summed E-state index contributed by atoms with van der Waals surface area (Å²) in [5.74, 6) is -0.802. The van der Waals surface area contributed by atoms with Crippen LogP contribution in [0.2, 0.25) is 0 Å². The van der Waals surface area contributed by atoms with Gasteiger partial charge in [0.05, 0.1) is 0 Å². The first-order chi connectivity index (χ1) is 10.2. The van der Waals surface area contributed by atoms with E-state index >= 15 is 0 Å². The van der Waals surface area contributed by atoms with Crippen molar-refractivity contribution in [3.8, 4) is 0 Å². The smallest absolute Gasteiger partial charge is 0.312 e. The number of hydrogen-bond acceptors (Lipinski definition) is 2. The molecule has 1 heterocycles. The molecule has 1 saturated heterocycles. The number of rotatable bonds is 4. The Labute approximate surface area is 133 Å². The normalized spacial score (nSPS) is 29.0. The van der Waals surface area contributed by atoms with Crippen molar-refractivity contribution in [2.24, 2.45) is 10.8 Å². The second-order valence-electron chi connectivity index (χ2n) is 7.93. The number of hydrogen-bond donors (Lipinski definition) is 0. The van der Waals surface area contributed by atoms with Gasteiger partial charge in [-0.05, 0) is 30.1 Å². The lowest BCUT2D eigenvalue weighted by atomic mass is 9.65. The van der Waals surface area contributed by atoms with Crippen LogP contribution in [0, 0.1) is 10.8 Å². The Kier molecular flexibility index (Phi) is 4.50. The lowest BCUT2D eigenvalue weighted by molar-refractivity contribution is -0.152. The molecule has 0 radical (unpaired) electrons. The van der Waals surface area contributed by atoms with Crippen LogP contribution in [-0.2, 0) is 9.59 Å². The van der Waals surface area contributed by atoms with Gasteiger partial charge in [-0.25, -0.2) is 0 Å². The highest BCUT2D eigenvalue weighted by Gasteiger charge is 2.52. The van der Waals surface area contributed by atoms with E-state index in [-0.39, 0.29) is 22.8 Å². The van der Waals surface area contributed by atoms with Gasteiger partial charge < -0.3 is 9.80 Å². The van der Waals surface area contributed by atoms with Gasteiger partial charge in [-0.2, -0.15) is 0 Å². The van der Waals surface area contributed by atoms with Gasteiger partial charge in [-0.3, -0.25) is 9.59 Å². The molecule has 4 nitrogen and oxygen atoms in total. The van der Waals surface area contributed by atoms with E-state index in [2.05, 4.69) is 33.9 Å². The van der Waals surface area contributed by atoms with Gasteiger partial charge in [0.25, 0.3) is 0 Å². The first kappa shape index (κ1) is 16.8. The van der Waals surface area contributed by atoms with E-state index in [1.54, 1.807) is 12.2 Å². The minimum Gasteiger partial charge on any atom is -0.331 e. The van der Waals surface area contributed by atoms with E-state index < -0.39 is 5.91 Å². The summed E-state index contributed by atoms with van der Waals surface area (Å²) in [7, 11) is 0. The SMILES string of the molecule is C=CCN(CC=C)C(=O)C(=O)N1CC2(C)CC1CC(C)(C)C2. The summed E-state index contributed by atoms with van der Waals surface area (Å²) >= 11 is 0. The molecule has 2 fully saturated rings. The van der Waals surface area contributed by atoms with Crippen LogP contribution >= 0.6 is 0 Å². The highest BCUT2D eigenvalue weighted by molar-refractivity contribution is 6.35. The number of carbonyl (C=O) groups is 2. The summed E-state index contributed by atoms with van der Waals surface area (Å²) in [5, 5.41) is 0. The minimum absolute atomic E-state index is 0.143. The molecule has 122 valence electrons. The van der Waals surface area contributed by atoms with Crippen LogP contribution < -0.4 is 0 Å². The third-order valence-electron chi connectivity index (χ3n) is 4.84. The van der Waals surface area contributed by atoms with E-state index in [9.17, 15) is 9.59 Å². The van der Waals surface area contributed by atoms with Gasteiger partial charge >= 0.3 is 11.8 Å². The lowest BCUT2D eigenvalue weighted by Gasteiger charge is -2.39. The number of amides is 2. The molecule has 0 aromatic heterocycles. The maximum absolute atomic E-state index is 12.7. The van der Waals surface area contributed by atoms with Crippen LogP contribution in [0.5, 0.6) is 0 Å². The van der Waals surface area contributed by atoms with Crippen molar-refractivity contribution in [1.29, 1.82) is 0 Å². The van der Waals surface area contributed by atoms with Crippen LogP contribution in [0.15, 0.2) is 25.3 Å².